The summed E-state index contributed by atoms with van der Waals surface area (Å²) in [5.41, 5.74) is 0.878. The molecule has 0 radical (unpaired) electrons. The number of nitrogens with zero attached hydrogens (tertiary/aromatic N) is 3. The van der Waals surface area contributed by atoms with Gasteiger partial charge in [0.15, 0.2) is 0 Å². The normalized spacial score (nSPS) is 18.4. The van der Waals surface area contributed by atoms with Crippen molar-refractivity contribution in [2.45, 2.75) is 64.8 Å². The number of benzene rings is 1. The molecule has 1 N–H and O–H groups in total. The van der Waals surface area contributed by atoms with Crippen LogP contribution >= 0.6 is 0 Å². The van der Waals surface area contributed by atoms with Crippen LogP contribution in [0.3, 0.4) is 0 Å². The summed E-state index contributed by atoms with van der Waals surface area (Å²) in [6.07, 6.45) is 6.64. The monoisotopic (exact) mass is 541 g/mol. The maximum atomic E-state index is 14.1. The van der Waals surface area contributed by atoms with E-state index in [1.807, 2.05) is 18.2 Å². The Kier molecular flexibility index (Phi) is 10.3. The molecule has 4 rings (SSSR count). The number of piperidine rings is 1. The van der Waals surface area contributed by atoms with Crippen LogP contribution in [0.1, 0.15) is 69.3 Å². The molecule has 1 aliphatic heterocycles. The maximum Gasteiger partial charge on any atom is 0.407 e. The molecule has 1 saturated carbocycles. The molecule has 2 aliphatic rings. The van der Waals surface area contributed by atoms with Crippen molar-refractivity contribution in [2.24, 2.45) is 11.8 Å². The number of methoxy groups -OCH3 is 1. The van der Waals surface area contributed by atoms with Gasteiger partial charge in [0.25, 0.3) is 5.91 Å². The van der Waals surface area contributed by atoms with Crippen LogP contribution in [0, 0.1) is 11.8 Å². The second-order valence-corrected chi connectivity index (χ2v) is 11.2. The Morgan fingerprint density at radius 1 is 1.08 bits per heavy atom. The predicted molar refractivity (Wildman–Crippen MR) is 150 cm³/mol. The van der Waals surface area contributed by atoms with E-state index < -0.39 is 6.09 Å². The van der Waals surface area contributed by atoms with Crippen molar-refractivity contribution in [1.29, 1.82) is 0 Å². The largest absolute Gasteiger partial charge is 0.491 e. The highest BCUT2D eigenvalue weighted by Gasteiger charge is 2.32. The maximum absolute atomic E-state index is 14.1. The number of para-hydroxylation sites is 1. The molecule has 2 aromatic rings. The molecule has 2 fully saturated rings. The number of likely N-dealkylation sites (tertiary alicyclic amines) is 1. The molecule has 2 amide bonds. The molecule has 2 heterocycles. The van der Waals surface area contributed by atoms with E-state index in [0.29, 0.717) is 68.8 Å². The van der Waals surface area contributed by atoms with E-state index >= 15 is 0 Å². The van der Waals surface area contributed by atoms with Crippen LogP contribution in [0.4, 0.5) is 4.79 Å². The second kappa shape index (κ2) is 13.8. The third-order valence-corrected chi connectivity index (χ3v) is 7.66. The first-order valence-corrected chi connectivity index (χ1v) is 14.3. The number of rotatable bonds is 11. The average Bonchev–Trinajstić information content (AvgIpc) is 2.95. The zero-order chi connectivity index (χ0) is 27.8. The van der Waals surface area contributed by atoms with Gasteiger partial charge in [-0.15, -0.1) is 0 Å². The summed E-state index contributed by atoms with van der Waals surface area (Å²) in [5.74, 6) is 1.72. The number of ether oxygens (including phenoxy) is 3. The number of hydrogen-bond acceptors (Lipinski definition) is 6. The molecule has 9 nitrogen and oxygen atoms in total. The molecule has 0 bridgehead atoms. The Morgan fingerprint density at radius 3 is 2.59 bits per heavy atom. The molecule has 214 valence electrons. The standard InChI is InChI=1S/C30H43N3O6/c1-21(2)18-33(23-11-8-14-32(19-23)30(35)36)29(34)25-17-27(38-16-15-37-3)24-12-7-13-26(28(24)31-25)39-20-22-9-5-4-6-10-22/h7,12-13,17,21-23H,4-6,8-11,14-16,18-20H2,1-3H3,(H,35,36)/t23-/m1/s1. The van der Waals surface area contributed by atoms with Crippen molar-refractivity contribution in [3.05, 3.63) is 30.0 Å². The van der Waals surface area contributed by atoms with Gasteiger partial charge in [-0.3, -0.25) is 4.79 Å². The fraction of sp³-hybridized carbons (Fsp3) is 0.633. The summed E-state index contributed by atoms with van der Waals surface area (Å²) in [7, 11) is 1.62. The highest BCUT2D eigenvalue weighted by atomic mass is 16.5. The van der Waals surface area contributed by atoms with Crippen molar-refractivity contribution >= 4 is 22.9 Å². The van der Waals surface area contributed by atoms with Crippen molar-refractivity contribution in [3.8, 4) is 11.5 Å². The lowest BCUT2D eigenvalue weighted by Crippen LogP contribution is -2.52. The van der Waals surface area contributed by atoms with Gasteiger partial charge in [0.05, 0.1) is 13.2 Å². The smallest absolute Gasteiger partial charge is 0.407 e. The van der Waals surface area contributed by atoms with E-state index in [1.165, 1.54) is 37.0 Å². The summed E-state index contributed by atoms with van der Waals surface area (Å²) < 4.78 is 17.6. The molecule has 1 atom stereocenters. The lowest BCUT2D eigenvalue weighted by atomic mass is 9.90. The quantitative estimate of drug-likeness (QED) is 0.377. The van der Waals surface area contributed by atoms with Crippen LogP contribution in [0.2, 0.25) is 0 Å². The fourth-order valence-electron chi connectivity index (χ4n) is 5.65. The van der Waals surface area contributed by atoms with E-state index in [1.54, 1.807) is 18.1 Å². The van der Waals surface area contributed by atoms with Crippen molar-refractivity contribution in [2.75, 3.05) is 46.6 Å². The lowest BCUT2D eigenvalue weighted by molar-refractivity contribution is 0.0499. The lowest BCUT2D eigenvalue weighted by Gasteiger charge is -2.39. The molecule has 9 heteroatoms. The van der Waals surface area contributed by atoms with Gasteiger partial charge in [0.2, 0.25) is 0 Å². The van der Waals surface area contributed by atoms with Gasteiger partial charge in [0.1, 0.15) is 29.3 Å². The van der Waals surface area contributed by atoms with Crippen molar-refractivity contribution in [1.82, 2.24) is 14.8 Å². The van der Waals surface area contributed by atoms with E-state index in [4.69, 9.17) is 19.2 Å². The van der Waals surface area contributed by atoms with E-state index in [-0.39, 0.29) is 23.6 Å². The highest BCUT2D eigenvalue weighted by Crippen LogP contribution is 2.34. The van der Waals surface area contributed by atoms with Gasteiger partial charge in [-0.2, -0.15) is 0 Å². The SMILES string of the molecule is COCCOc1cc(C(=O)N(CC(C)C)[C@@H]2CCCN(C(=O)O)C2)nc2c(OCC3CCCCC3)cccc12. The van der Waals surface area contributed by atoms with Gasteiger partial charge in [0, 0.05) is 44.2 Å². The summed E-state index contributed by atoms with van der Waals surface area (Å²) in [6.45, 7) is 6.80. The van der Waals surface area contributed by atoms with Gasteiger partial charge in [-0.25, -0.2) is 9.78 Å². The minimum atomic E-state index is -0.950. The van der Waals surface area contributed by atoms with Crippen LogP contribution in [0.25, 0.3) is 10.9 Å². The number of carbonyl (C=O) groups is 2. The molecule has 0 unspecified atom stereocenters. The van der Waals surface area contributed by atoms with Gasteiger partial charge in [-0.1, -0.05) is 39.2 Å². The number of fused-ring (bicyclic) bond motifs is 1. The Bertz CT molecular complexity index is 1120. The summed E-state index contributed by atoms with van der Waals surface area (Å²) >= 11 is 0. The first-order chi connectivity index (χ1) is 18.9. The number of hydrogen-bond donors (Lipinski definition) is 1. The van der Waals surface area contributed by atoms with E-state index in [2.05, 4.69) is 13.8 Å². The molecule has 1 aromatic carbocycles. The third kappa shape index (κ3) is 7.53. The predicted octanol–water partition coefficient (Wildman–Crippen LogP) is 5.46. The van der Waals surface area contributed by atoms with Crippen molar-refractivity contribution < 1.29 is 28.9 Å². The van der Waals surface area contributed by atoms with Crippen LogP contribution in [0.15, 0.2) is 24.3 Å². The van der Waals surface area contributed by atoms with E-state index in [9.17, 15) is 14.7 Å². The molecule has 0 spiro atoms. The van der Waals surface area contributed by atoms with Gasteiger partial charge >= 0.3 is 6.09 Å². The van der Waals surface area contributed by atoms with Crippen LogP contribution in [-0.4, -0.2) is 84.5 Å². The van der Waals surface area contributed by atoms with Crippen LogP contribution < -0.4 is 9.47 Å². The average molecular weight is 542 g/mol. The summed E-state index contributed by atoms with van der Waals surface area (Å²) in [6, 6.07) is 7.26. The Morgan fingerprint density at radius 2 is 1.87 bits per heavy atom. The van der Waals surface area contributed by atoms with Crippen molar-refractivity contribution in [3.63, 3.8) is 0 Å². The molecule has 1 saturated heterocycles. The molecule has 39 heavy (non-hydrogen) atoms. The van der Waals surface area contributed by atoms with Gasteiger partial charge < -0.3 is 29.1 Å². The number of carboxylic acid groups (broad SMARTS) is 1. The number of aromatic nitrogens is 1. The fourth-order valence-corrected chi connectivity index (χ4v) is 5.65. The number of amides is 2. The molecular formula is C30H43N3O6. The zero-order valence-electron chi connectivity index (χ0n) is 23.6. The topological polar surface area (TPSA) is 101 Å². The minimum absolute atomic E-state index is 0.210. The summed E-state index contributed by atoms with van der Waals surface area (Å²) in [4.78, 5) is 33.8. The first-order valence-electron chi connectivity index (χ1n) is 14.3. The number of carbonyl (C=O) groups excluding carboxylic acids is 1. The zero-order valence-corrected chi connectivity index (χ0v) is 23.6. The molecular weight excluding hydrogens is 498 g/mol. The minimum Gasteiger partial charge on any atom is -0.491 e. The third-order valence-electron chi connectivity index (χ3n) is 7.66. The summed E-state index contributed by atoms with van der Waals surface area (Å²) in [5, 5.41) is 10.4. The van der Waals surface area contributed by atoms with E-state index in [0.717, 1.165) is 11.8 Å². The first kappa shape index (κ1) is 28.9. The Hall–Kier alpha value is -3.07. The van der Waals surface area contributed by atoms with Crippen LogP contribution in [0.5, 0.6) is 11.5 Å². The second-order valence-electron chi connectivity index (χ2n) is 11.2. The Balaban J connectivity index is 1.68. The number of pyridine rings is 1. The molecule has 1 aliphatic carbocycles. The van der Waals surface area contributed by atoms with Gasteiger partial charge in [-0.05, 0) is 49.7 Å². The highest BCUT2D eigenvalue weighted by molar-refractivity contribution is 5.98. The van der Waals surface area contributed by atoms with Crippen LogP contribution in [-0.2, 0) is 4.74 Å². The molecule has 1 aromatic heterocycles. The Labute approximate surface area is 231 Å².